The molecular formula is C17H27NO. The minimum Gasteiger partial charge on any atom is -0.351 e. The third kappa shape index (κ3) is 5.46. The first-order chi connectivity index (χ1) is 8.69. The molecule has 1 amide bonds. The van der Waals surface area contributed by atoms with Crippen LogP contribution in [0.15, 0.2) is 24.3 Å². The van der Waals surface area contributed by atoms with Crippen LogP contribution in [0.1, 0.15) is 58.6 Å². The monoisotopic (exact) mass is 261 g/mol. The lowest BCUT2D eigenvalue weighted by Crippen LogP contribution is -2.42. The Morgan fingerprint density at radius 3 is 2.05 bits per heavy atom. The molecule has 2 heteroatoms. The van der Waals surface area contributed by atoms with Gasteiger partial charge in [-0.25, -0.2) is 0 Å². The fraction of sp³-hybridized carbons (Fsp3) is 0.588. The predicted molar refractivity (Wildman–Crippen MR) is 81.3 cm³/mol. The molecule has 0 spiro atoms. The highest BCUT2D eigenvalue weighted by Crippen LogP contribution is 2.18. The Kier molecular flexibility index (Phi) is 5.16. The molecule has 1 N–H and O–H groups in total. The van der Waals surface area contributed by atoms with Crippen LogP contribution in [-0.2, 0) is 11.2 Å². The molecule has 0 aliphatic rings. The second-order valence-electron chi connectivity index (χ2n) is 6.80. The molecule has 1 aromatic carbocycles. The topological polar surface area (TPSA) is 29.1 Å². The number of carbonyl (C=O) groups is 1. The summed E-state index contributed by atoms with van der Waals surface area (Å²) in [6.07, 6.45) is 1.09. The quantitative estimate of drug-likeness (QED) is 0.875. The number of hydrogen-bond acceptors (Lipinski definition) is 1. The van der Waals surface area contributed by atoms with Crippen molar-refractivity contribution in [2.24, 2.45) is 5.92 Å². The summed E-state index contributed by atoms with van der Waals surface area (Å²) >= 11 is 0. The Bertz CT molecular complexity index is 412. The van der Waals surface area contributed by atoms with Crippen molar-refractivity contribution in [1.29, 1.82) is 0 Å². The summed E-state index contributed by atoms with van der Waals surface area (Å²) < 4.78 is 0. The second-order valence-corrected chi connectivity index (χ2v) is 6.80. The summed E-state index contributed by atoms with van der Waals surface area (Å²) in [5.41, 5.74) is 2.24. The summed E-state index contributed by atoms with van der Waals surface area (Å²) in [7, 11) is 0. The smallest absolute Gasteiger partial charge is 0.227 e. The van der Waals surface area contributed by atoms with Gasteiger partial charge in [0.25, 0.3) is 0 Å². The Morgan fingerprint density at radius 1 is 1.11 bits per heavy atom. The number of amides is 1. The fourth-order valence-electron chi connectivity index (χ4n) is 2.04. The van der Waals surface area contributed by atoms with Crippen molar-refractivity contribution in [2.45, 2.75) is 59.4 Å². The third-order valence-corrected chi connectivity index (χ3v) is 3.02. The first kappa shape index (κ1) is 15.7. The van der Waals surface area contributed by atoms with E-state index in [4.69, 9.17) is 0 Å². The summed E-state index contributed by atoms with van der Waals surface area (Å²) in [4.78, 5) is 12.1. The largest absolute Gasteiger partial charge is 0.351 e. The van der Waals surface area contributed by atoms with E-state index in [1.165, 1.54) is 5.56 Å². The first-order valence-electron chi connectivity index (χ1n) is 7.10. The zero-order chi connectivity index (χ0) is 14.6. The van der Waals surface area contributed by atoms with Crippen molar-refractivity contribution < 1.29 is 4.79 Å². The van der Waals surface area contributed by atoms with E-state index in [1.54, 1.807) is 0 Å². The maximum absolute atomic E-state index is 12.1. The average molecular weight is 261 g/mol. The van der Waals surface area contributed by atoms with E-state index in [0.29, 0.717) is 5.92 Å². The molecular weight excluding hydrogens is 234 g/mol. The second kappa shape index (κ2) is 6.23. The summed E-state index contributed by atoms with van der Waals surface area (Å²) in [5, 5.41) is 3.03. The molecule has 0 heterocycles. The van der Waals surface area contributed by atoms with Gasteiger partial charge >= 0.3 is 0 Å². The van der Waals surface area contributed by atoms with Gasteiger partial charge in [0.15, 0.2) is 0 Å². The highest BCUT2D eigenvalue weighted by Gasteiger charge is 2.20. The van der Waals surface area contributed by atoms with Gasteiger partial charge in [-0.1, -0.05) is 38.1 Å². The highest BCUT2D eigenvalue weighted by molar-refractivity contribution is 5.83. The maximum atomic E-state index is 12.1. The van der Waals surface area contributed by atoms with E-state index >= 15 is 0 Å². The van der Waals surface area contributed by atoms with Gasteiger partial charge in [0.2, 0.25) is 5.91 Å². The van der Waals surface area contributed by atoms with Crippen molar-refractivity contribution in [3.05, 3.63) is 35.4 Å². The highest BCUT2D eigenvalue weighted by atomic mass is 16.2. The maximum Gasteiger partial charge on any atom is 0.227 e. The van der Waals surface area contributed by atoms with E-state index in [0.717, 1.165) is 12.0 Å². The van der Waals surface area contributed by atoms with Crippen molar-refractivity contribution in [3.63, 3.8) is 0 Å². The SMILES string of the molecule is CC(C)Cc1ccc([C@@H](C)C(=O)NC(C)(C)C)cc1. The molecule has 2 nitrogen and oxygen atoms in total. The molecule has 0 aliphatic heterocycles. The molecule has 106 valence electrons. The van der Waals surface area contributed by atoms with Gasteiger partial charge in [-0.3, -0.25) is 4.79 Å². The van der Waals surface area contributed by atoms with Gasteiger partial charge < -0.3 is 5.32 Å². The average Bonchev–Trinajstić information content (AvgIpc) is 2.26. The molecule has 0 aliphatic carbocycles. The van der Waals surface area contributed by atoms with Crippen molar-refractivity contribution in [3.8, 4) is 0 Å². The molecule has 0 radical (unpaired) electrons. The van der Waals surface area contributed by atoms with Gasteiger partial charge in [0.1, 0.15) is 0 Å². The van der Waals surface area contributed by atoms with E-state index < -0.39 is 0 Å². The lowest BCUT2D eigenvalue weighted by atomic mass is 9.95. The molecule has 19 heavy (non-hydrogen) atoms. The molecule has 1 rings (SSSR count). The molecule has 1 aromatic rings. The first-order valence-corrected chi connectivity index (χ1v) is 7.10. The molecule has 1 atom stereocenters. The van der Waals surface area contributed by atoms with Gasteiger partial charge in [-0.05, 0) is 51.2 Å². The Morgan fingerprint density at radius 2 is 1.63 bits per heavy atom. The normalized spacial score (nSPS) is 13.4. The van der Waals surface area contributed by atoms with E-state index in [2.05, 4.69) is 43.4 Å². The third-order valence-electron chi connectivity index (χ3n) is 3.02. The van der Waals surface area contributed by atoms with E-state index in [9.17, 15) is 4.79 Å². The van der Waals surface area contributed by atoms with Crippen LogP contribution in [0, 0.1) is 5.92 Å². The van der Waals surface area contributed by atoms with Crippen LogP contribution in [0.4, 0.5) is 0 Å². The summed E-state index contributed by atoms with van der Waals surface area (Å²) in [5.74, 6) is 0.642. The van der Waals surface area contributed by atoms with Crippen molar-refractivity contribution in [1.82, 2.24) is 5.32 Å². The summed E-state index contributed by atoms with van der Waals surface area (Å²) in [6, 6.07) is 8.42. The van der Waals surface area contributed by atoms with Gasteiger partial charge in [-0.15, -0.1) is 0 Å². The van der Waals surface area contributed by atoms with Crippen molar-refractivity contribution in [2.75, 3.05) is 0 Å². The van der Waals surface area contributed by atoms with Crippen LogP contribution in [0.5, 0.6) is 0 Å². The zero-order valence-electron chi connectivity index (χ0n) is 13.1. The lowest BCUT2D eigenvalue weighted by molar-refractivity contribution is -0.123. The van der Waals surface area contributed by atoms with E-state index in [-0.39, 0.29) is 17.4 Å². The van der Waals surface area contributed by atoms with Crippen LogP contribution in [0.25, 0.3) is 0 Å². The van der Waals surface area contributed by atoms with Crippen LogP contribution in [0.3, 0.4) is 0 Å². The van der Waals surface area contributed by atoms with E-state index in [1.807, 2.05) is 27.7 Å². The Hall–Kier alpha value is -1.31. The molecule has 0 aromatic heterocycles. The van der Waals surface area contributed by atoms with Crippen LogP contribution >= 0.6 is 0 Å². The minimum absolute atomic E-state index is 0.0871. The van der Waals surface area contributed by atoms with Gasteiger partial charge in [-0.2, -0.15) is 0 Å². The molecule has 0 bridgehead atoms. The zero-order valence-corrected chi connectivity index (χ0v) is 13.1. The number of rotatable bonds is 4. The van der Waals surface area contributed by atoms with Crippen LogP contribution in [0.2, 0.25) is 0 Å². The van der Waals surface area contributed by atoms with Crippen LogP contribution in [-0.4, -0.2) is 11.4 Å². The number of hydrogen-bond donors (Lipinski definition) is 1. The Balaban J connectivity index is 2.72. The number of carbonyl (C=O) groups excluding carboxylic acids is 1. The predicted octanol–water partition coefficient (Wildman–Crippen LogP) is 3.90. The molecule has 0 fully saturated rings. The molecule has 0 unspecified atom stereocenters. The Labute approximate surface area is 117 Å². The fourth-order valence-corrected chi connectivity index (χ4v) is 2.04. The van der Waals surface area contributed by atoms with Crippen molar-refractivity contribution >= 4 is 5.91 Å². The minimum atomic E-state index is -0.178. The van der Waals surface area contributed by atoms with Gasteiger partial charge in [0, 0.05) is 5.54 Å². The number of nitrogens with one attached hydrogen (secondary N) is 1. The molecule has 0 saturated carbocycles. The number of benzene rings is 1. The standard InChI is InChI=1S/C17H27NO/c1-12(2)11-14-7-9-15(10-8-14)13(3)16(19)18-17(4,5)6/h7-10,12-13H,11H2,1-6H3,(H,18,19)/t13-/m1/s1. The summed E-state index contributed by atoms with van der Waals surface area (Å²) in [6.45, 7) is 12.4. The van der Waals surface area contributed by atoms with Crippen LogP contribution < -0.4 is 5.32 Å². The van der Waals surface area contributed by atoms with Gasteiger partial charge in [0.05, 0.1) is 5.92 Å². The molecule has 0 saturated heterocycles. The lowest BCUT2D eigenvalue weighted by Gasteiger charge is -2.23.